The number of hydroxylamine groups is 2. The predicted octanol–water partition coefficient (Wildman–Crippen LogP) is 1.66. The third kappa shape index (κ3) is 2.70. The van der Waals surface area contributed by atoms with Crippen LogP contribution in [0.1, 0.15) is 0 Å². The van der Waals surface area contributed by atoms with Gasteiger partial charge in [0, 0.05) is 21.1 Å². The van der Waals surface area contributed by atoms with Crippen LogP contribution in [0.2, 0.25) is 0 Å². The Hall–Kier alpha value is -0.590. The van der Waals surface area contributed by atoms with Crippen molar-refractivity contribution in [1.82, 2.24) is 9.96 Å². The van der Waals surface area contributed by atoms with Crippen LogP contribution in [0.5, 0.6) is 0 Å². The second-order valence-electron chi connectivity index (χ2n) is 3.11. The monoisotopic (exact) mass is 252 g/mol. The van der Waals surface area contributed by atoms with Crippen molar-refractivity contribution in [2.45, 2.75) is 6.23 Å². The van der Waals surface area contributed by atoms with Crippen molar-refractivity contribution >= 4 is 29.5 Å². The number of carbonyl (C=O) groups is 1. The van der Waals surface area contributed by atoms with Crippen LogP contribution in [-0.4, -0.2) is 49.7 Å². The molecule has 15 heavy (non-hydrogen) atoms. The largest absolute Gasteiger partial charge is 0.421 e. The summed E-state index contributed by atoms with van der Waals surface area (Å²) in [6.45, 7) is 0. The van der Waals surface area contributed by atoms with Gasteiger partial charge in [-0.1, -0.05) is 23.4 Å². The number of hydrogen-bond donors (Lipinski definition) is 0. The summed E-state index contributed by atoms with van der Waals surface area (Å²) >= 11 is 7.35. The van der Waals surface area contributed by atoms with Crippen LogP contribution >= 0.6 is 23.4 Å². The summed E-state index contributed by atoms with van der Waals surface area (Å²) in [5, 5.41) is 2.34. The molecule has 1 atom stereocenters. The van der Waals surface area contributed by atoms with Crippen LogP contribution in [0.3, 0.4) is 0 Å². The normalized spacial score (nSPS) is 21.5. The molecule has 86 valence electrons. The van der Waals surface area contributed by atoms with Gasteiger partial charge in [-0.2, -0.15) is 0 Å². The van der Waals surface area contributed by atoms with Crippen molar-refractivity contribution in [1.29, 1.82) is 0 Å². The molecule has 0 bridgehead atoms. The Morgan fingerprint density at radius 1 is 1.67 bits per heavy atom. The van der Waals surface area contributed by atoms with E-state index in [0.29, 0.717) is 10.1 Å². The average molecular weight is 253 g/mol. The summed E-state index contributed by atoms with van der Waals surface area (Å²) in [6, 6.07) is 0. The molecule has 0 fully saturated rings. The van der Waals surface area contributed by atoms with E-state index < -0.39 is 12.3 Å². The molecule has 0 saturated carbocycles. The van der Waals surface area contributed by atoms with Crippen LogP contribution in [0, 0.1) is 0 Å². The molecule has 0 aromatic carbocycles. The van der Waals surface area contributed by atoms with Crippen LogP contribution in [0.4, 0.5) is 4.79 Å². The third-order valence-electron chi connectivity index (χ3n) is 1.73. The molecule has 0 N–H and O–H groups in total. The fraction of sp³-hybridized carbons (Fsp3) is 0.625. The summed E-state index contributed by atoms with van der Waals surface area (Å²) in [5.41, 5.74) is 0. The van der Waals surface area contributed by atoms with E-state index in [1.807, 2.05) is 6.26 Å². The van der Waals surface area contributed by atoms with E-state index in [9.17, 15) is 4.79 Å². The van der Waals surface area contributed by atoms with E-state index >= 15 is 0 Å². The van der Waals surface area contributed by atoms with Crippen molar-refractivity contribution in [3.63, 3.8) is 0 Å². The summed E-state index contributed by atoms with van der Waals surface area (Å²) in [4.78, 5) is 17.9. The highest BCUT2D eigenvalue weighted by atomic mass is 35.5. The first-order chi connectivity index (χ1) is 6.97. The Labute approximate surface area is 97.9 Å². The van der Waals surface area contributed by atoms with Gasteiger partial charge >= 0.3 is 6.09 Å². The van der Waals surface area contributed by atoms with Crippen LogP contribution < -0.4 is 0 Å². The van der Waals surface area contributed by atoms with Crippen molar-refractivity contribution in [3.8, 4) is 0 Å². The molecule has 5 nitrogen and oxygen atoms in total. The van der Waals surface area contributed by atoms with Gasteiger partial charge in [0.15, 0.2) is 0 Å². The molecule has 1 unspecified atom stereocenters. The minimum absolute atomic E-state index is 0.389. The lowest BCUT2D eigenvalue weighted by atomic mass is 10.5. The lowest BCUT2D eigenvalue weighted by Gasteiger charge is -2.20. The summed E-state index contributed by atoms with van der Waals surface area (Å²) < 4.78 is 5.11. The van der Waals surface area contributed by atoms with Crippen molar-refractivity contribution in [3.05, 3.63) is 10.1 Å². The molecule has 0 aliphatic carbocycles. The number of carbonyl (C=O) groups excluding carboxylic acids is 1. The molecule has 1 aliphatic rings. The topological polar surface area (TPSA) is 42.0 Å². The van der Waals surface area contributed by atoms with Gasteiger partial charge in [0.1, 0.15) is 5.03 Å². The highest BCUT2D eigenvalue weighted by Crippen LogP contribution is 2.34. The standard InChI is InChI=1S/C8H13ClN2O3S/c1-10(2)8(12)13-6-5(9)7(15-4)14-11(6)3/h6H,1-4H3. The fourth-order valence-electron chi connectivity index (χ4n) is 0.944. The molecule has 0 aromatic rings. The number of likely N-dealkylation sites (N-methyl/N-ethyl adjacent to an activating group) is 1. The summed E-state index contributed by atoms with van der Waals surface area (Å²) in [6.07, 6.45) is 0.710. The number of halogens is 1. The van der Waals surface area contributed by atoms with Crippen molar-refractivity contribution < 1.29 is 14.4 Å². The quantitative estimate of drug-likeness (QED) is 0.748. The molecule has 0 saturated heterocycles. The first kappa shape index (κ1) is 12.5. The maximum atomic E-state index is 11.3. The Morgan fingerprint density at radius 2 is 2.27 bits per heavy atom. The van der Waals surface area contributed by atoms with E-state index in [1.165, 1.54) is 21.7 Å². The van der Waals surface area contributed by atoms with Crippen LogP contribution in [0.25, 0.3) is 0 Å². The lowest BCUT2D eigenvalue weighted by molar-refractivity contribution is -0.148. The number of rotatable bonds is 2. The zero-order valence-corrected chi connectivity index (χ0v) is 10.6. The molecule has 0 aromatic heterocycles. The van der Waals surface area contributed by atoms with Gasteiger partial charge in [-0.3, -0.25) is 0 Å². The van der Waals surface area contributed by atoms with Crippen LogP contribution in [-0.2, 0) is 9.57 Å². The first-order valence-electron chi connectivity index (χ1n) is 4.19. The molecule has 7 heteroatoms. The number of nitrogens with zero attached hydrogens (tertiary/aromatic N) is 2. The Balaban J connectivity index is 2.70. The Morgan fingerprint density at radius 3 is 2.67 bits per heavy atom. The fourth-order valence-corrected chi connectivity index (χ4v) is 1.88. The van der Waals surface area contributed by atoms with Crippen molar-refractivity contribution in [2.75, 3.05) is 27.4 Å². The smallest absolute Gasteiger partial charge is 0.411 e. The predicted molar refractivity (Wildman–Crippen MR) is 59.2 cm³/mol. The van der Waals surface area contributed by atoms with Gasteiger partial charge in [-0.05, 0) is 6.26 Å². The minimum atomic E-state index is -0.663. The zero-order valence-electron chi connectivity index (χ0n) is 8.98. The number of thioether (sulfide) groups is 1. The number of amides is 1. The van der Waals surface area contributed by atoms with Gasteiger partial charge in [0.25, 0.3) is 0 Å². The average Bonchev–Trinajstić information content (AvgIpc) is 2.44. The highest BCUT2D eigenvalue weighted by Gasteiger charge is 2.35. The van der Waals surface area contributed by atoms with E-state index in [-0.39, 0.29) is 0 Å². The molecule has 1 rings (SSSR count). The molecule has 1 aliphatic heterocycles. The second-order valence-corrected chi connectivity index (χ2v) is 4.29. The Kier molecular flexibility index (Phi) is 4.12. The molecule has 1 heterocycles. The molecule has 1 amide bonds. The second kappa shape index (κ2) is 4.96. The van der Waals surface area contributed by atoms with Crippen molar-refractivity contribution in [2.24, 2.45) is 0 Å². The molecular formula is C8H13ClN2O3S. The lowest BCUT2D eigenvalue weighted by Crippen LogP contribution is -2.35. The maximum Gasteiger partial charge on any atom is 0.411 e. The van der Waals surface area contributed by atoms with Crippen LogP contribution in [0.15, 0.2) is 10.1 Å². The third-order valence-corrected chi connectivity index (χ3v) is 2.87. The zero-order chi connectivity index (χ0) is 11.6. The molecular weight excluding hydrogens is 240 g/mol. The SMILES string of the molecule is CSC1=C(Cl)C(OC(=O)N(C)C)N(C)O1. The highest BCUT2D eigenvalue weighted by molar-refractivity contribution is 8.02. The van der Waals surface area contributed by atoms with Gasteiger partial charge in [0.2, 0.25) is 11.3 Å². The molecule has 0 spiro atoms. The van der Waals surface area contributed by atoms with E-state index in [0.717, 1.165) is 0 Å². The summed E-state index contributed by atoms with van der Waals surface area (Å²) in [7, 11) is 4.86. The van der Waals surface area contributed by atoms with Gasteiger partial charge in [0.05, 0.1) is 0 Å². The van der Waals surface area contributed by atoms with E-state index in [2.05, 4.69) is 0 Å². The maximum absolute atomic E-state index is 11.3. The minimum Gasteiger partial charge on any atom is -0.421 e. The van der Waals surface area contributed by atoms with Gasteiger partial charge < -0.3 is 14.5 Å². The Bertz CT molecular complexity index is 296. The van der Waals surface area contributed by atoms with E-state index in [4.69, 9.17) is 21.2 Å². The van der Waals surface area contributed by atoms with Gasteiger partial charge in [-0.25, -0.2) is 4.79 Å². The van der Waals surface area contributed by atoms with Gasteiger partial charge in [-0.15, -0.1) is 5.06 Å². The number of hydrogen-bond acceptors (Lipinski definition) is 5. The number of ether oxygens (including phenoxy) is 1. The molecule has 0 radical (unpaired) electrons. The first-order valence-corrected chi connectivity index (χ1v) is 5.80. The summed E-state index contributed by atoms with van der Waals surface area (Å²) in [5.74, 6) is 0. The van der Waals surface area contributed by atoms with E-state index in [1.54, 1.807) is 21.1 Å².